The van der Waals surface area contributed by atoms with Crippen molar-refractivity contribution < 1.29 is 5.11 Å². The van der Waals surface area contributed by atoms with Crippen LogP contribution in [0.1, 0.15) is 19.3 Å². The van der Waals surface area contributed by atoms with Crippen molar-refractivity contribution in [3.8, 4) is 28.1 Å². The number of hydrogen-bond donors (Lipinski definition) is 2. The Labute approximate surface area is 163 Å². The number of fused-ring (bicyclic) bond motifs is 1. The van der Waals surface area contributed by atoms with E-state index in [1.807, 2.05) is 12.1 Å². The molecule has 3 aromatic rings. The first-order valence-corrected chi connectivity index (χ1v) is 9.79. The summed E-state index contributed by atoms with van der Waals surface area (Å²) >= 11 is 0. The van der Waals surface area contributed by atoms with E-state index >= 15 is 0 Å². The van der Waals surface area contributed by atoms with Gasteiger partial charge in [0, 0.05) is 43.0 Å². The zero-order chi connectivity index (χ0) is 18.9. The highest BCUT2D eigenvalue weighted by atomic mass is 16.3. The minimum absolute atomic E-state index is 0.151. The highest BCUT2D eigenvalue weighted by Gasteiger charge is 2.30. The summed E-state index contributed by atoms with van der Waals surface area (Å²) in [7, 11) is 0. The molecule has 1 unspecified atom stereocenters. The summed E-state index contributed by atoms with van der Waals surface area (Å²) in [6, 6.07) is 6.07. The van der Waals surface area contributed by atoms with Gasteiger partial charge in [0.2, 0.25) is 5.95 Å². The summed E-state index contributed by atoms with van der Waals surface area (Å²) in [5, 5.41) is 25.9. The van der Waals surface area contributed by atoms with E-state index in [0.29, 0.717) is 23.2 Å². The fraction of sp³-hybridized carbons (Fsp3) is 0.400. The predicted octanol–water partition coefficient (Wildman–Crippen LogP) is 2.31. The lowest BCUT2D eigenvalue weighted by atomic mass is 10.00. The average Bonchev–Trinajstić information content (AvgIpc) is 3.28. The van der Waals surface area contributed by atoms with Gasteiger partial charge in [-0.05, 0) is 37.1 Å². The van der Waals surface area contributed by atoms with Gasteiger partial charge in [-0.1, -0.05) is 12.5 Å². The molecule has 4 heterocycles. The molecular weight excluding hydrogens is 354 g/mol. The fourth-order valence-electron chi connectivity index (χ4n) is 4.21. The van der Waals surface area contributed by atoms with E-state index in [1.165, 1.54) is 25.8 Å². The Morgan fingerprint density at radius 3 is 2.79 bits per heavy atom. The third-order valence-corrected chi connectivity index (χ3v) is 5.77. The molecule has 8 nitrogen and oxygen atoms in total. The van der Waals surface area contributed by atoms with Crippen LogP contribution in [0, 0.1) is 0 Å². The van der Waals surface area contributed by atoms with Crippen molar-refractivity contribution in [2.45, 2.75) is 25.3 Å². The van der Waals surface area contributed by atoms with Gasteiger partial charge >= 0.3 is 0 Å². The van der Waals surface area contributed by atoms with E-state index in [0.717, 1.165) is 30.8 Å². The summed E-state index contributed by atoms with van der Waals surface area (Å²) < 4.78 is 0. The second kappa shape index (κ2) is 7.20. The Hall–Kier alpha value is -3.00. The third-order valence-electron chi connectivity index (χ3n) is 5.77. The normalized spacial score (nSPS) is 20.1. The van der Waals surface area contributed by atoms with Crippen LogP contribution in [-0.4, -0.2) is 67.6 Å². The highest BCUT2D eigenvalue weighted by molar-refractivity contribution is 5.73. The number of H-pyrrole nitrogens is 1. The van der Waals surface area contributed by atoms with Crippen LogP contribution in [-0.2, 0) is 0 Å². The number of aromatic amines is 1. The van der Waals surface area contributed by atoms with Crippen molar-refractivity contribution in [1.82, 2.24) is 30.3 Å². The Balaban J connectivity index is 1.34. The molecule has 0 saturated carbocycles. The molecule has 0 amide bonds. The van der Waals surface area contributed by atoms with Crippen LogP contribution in [0.3, 0.4) is 0 Å². The van der Waals surface area contributed by atoms with Gasteiger partial charge in [-0.3, -0.25) is 10.00 Å². The second-order valence-electron chi connectivity index (χ2n) is 7.49. The topological polar surface area (TPSA) is 94.1 Å². The number of hydrogen-bond acceptors (Lipinski definition) is 7. The first-order valence-electron chi connectivity index (χ1n) is 9.79. The van der Waals surface area contributed by atoms with Crippen molar-refractivity contribution in [3.05, 3.63) is 36.8 Å². The van der Waals surface area contributed by atoms with Gasteiger partial charge in [-0.2, -0.15) is 5.10 Å². The molecule has 8 heteroatoms. The van der Waals surface area contributed by atoms with Gasteiger partial charge in [0.25, 0.3) is 0 Å². The maximum absolute atomic E-state index is 10.4. The molecular formula is C20H23N7O. The molecule has 0 radical (unpaired) electrons. The zero-order valence-electron chi connectivity index (χ0n) is 15.6. The van der Waals surface area contributed by atoms with Gasteiger partial charge in [0.15, 0.2) is 0 Å². The van der Waals surface area contributed by atoms with Gasteiger partial charge in [0.05, 0.1) is 12.4 Å². The van der Waals surface area contributed by atoms with E-state index in [1.54, 1.807) is 24.7 Å². The molecule has 144 valence electrons. The molecule has 2 aromatic heterocycles. The number of aromatic hydroxyl groups is 1. The molecule has 1 atom stereocenters. The van der Waals surface area contributed by atoms with E-state index in [9.17, 15) is 5.11 Å². The monoisotopic (exact) mass is 377 g/mol. The van der Waals surface area contributed by atoms with Crippen LogP contribution >= 0.6 is 0 Å². The van der Waals surface area contributed by atoms with Crippen LogP contribution in [0.4, 0.5) is 5.95 Å². The van der Waals surface area contributed by atoms with Crippen LogP contribution in [0.15, 0.2) is 36.8 Å². The van der Waals surface area contributed by atoms with E-state index in [4.69, 9.17) is 0 Å². The standard InChI is InChI=1S/C20H23N7O/c28-19-9-14(15-10-22-23-11-15)4-5-17(19)18-12-21-20(25-24-18)27-8-7-26-6-2-1-3-16(26)13-27/h4-5,9-12,16,28H,1-3,6-8,13H2,(H,22,23). The molecule has 0 aliphatic carbocycles. The molecule has 1 aromatic carbocycles. The number of piperazine rings is 1. The molecule has 2 aliphatic rings. The summed E-state index contributed by atoms with van der Waals surface area (Å²) in [5.41, 5.74) is 2.99. The predicted molar refractivity (Wildman–Crippen MR) is 106 cm³/mol. The summed E-state index contributed by atoms with van der Waals surface area (Å²) in [4.78, 5) is 9.35. The number of aromatic nitrogens is 5. The number of rotatable bonds is 3. The van der Waals surface area contributed by atoms with E-state index in [-0.39, 0.29) is 5.75 Å². The number of nitrogens with zero attached hydrogens (tertiary/aromatic N) is 6. The second-order valence-corrected chi connectivity index (χ2v) is 7.49. The summed E-state index contributed by atoms with van der Waals surface area (Å²) in [5.74, 6) is 0.821. The van der Waals surface area contributed by atoms with Crippen LogP contribution in [0.2, 0.25) is 0 Å². The molecule has 0 bridgehead atoms. The lowest BCUT2D eigenvalue weighted by Crippen LogP contribution is -2.55. The quantitative estimate of drug-likeness (QED) is 0.723. The average molecular weight is 377 g/mol. The molecule has 2 N–H and O–H groups in total. The molecule has 0 spiro atoms. The third kappa shape index (κ3) is 3.20. The van der Waals surface area contributed by atoms with Gasteiger partial charge in [-0.15, -0.1) is 10.2 Å². The van der Waals surface area contributed by atoms with E-state index < -0.39 is 0 Å². The Morgan fingerprint density at radius 2 is 2.00 bits per heavy atom. The number of anilines is 1. The highest BCUT2D eigenvalue weighted by Crippen LogP contribution is 2.32. The van der Waals surface area contributed by atoms with Gasteiger partial charge in [-0.25, -0.2) is 4.98 Å². The molecule has 28 heavy (non-hydrogen) atoms. The Morgan fingerprint density at radius 1 is 1.04 bits per heavy atom. The smallest absolute Gasteiger partial charge is 0.245 e. The maximum atomic E-state index is 10.4. The number of phenols is 1. The maximum Gasteiger partial charge on any atom is 0.245 e. The van der Waals surface area contributed by atoms with Gasteiger partial charge in [0.1, 0.15) is 11.4 Å². The van der Waals surface area contributed by atoms with Crippen LogP contribution in [0.25, 0.3) is 22.4 Å². The number of benzene rings is 1. The van der Waals surface area contributed by atoms with Crippen LogP contribution < -0.4 is 4.90 Å². The van der Waals surface area contributed by atoms with Gasteiger partial charge < -0.3 is 10.0 Å². The largest absolute Gasteiger partial charge is 0.507 e. The minimum Gasteiger partial charge on any atom is -0.507 e. The van der Waals surface area contributed by atoms with E-state index in [2.05, 4.69) is 35.2 Å². The fourth-order valence-corrected chi connectivity index (χ4v) is 4.21. The Kier molecular flexibility index (Phi) is 4.40. The van der Waals surface area contributed by atoms with Crippen molar-refractivity contribution in [3.63, 3.8) is 0 Å². The molecule has 2 fully saturated rings. The number of phenolic OH excluding ortho intramolecular Hbond substituents is 1. The molecule has 2 saturated heterocycles. The van der Waals surface area contributed by atoms with Crippen molar-refractivity contribution in [2.24, 2.45) is 0 Å². The molecule has 5 rings (SSSR count). The zero-order valence-corrected chi connectivity index (χ0v) is 15.6. The minimum atomic E-state index is 0.151. The van der Waals surface area contributed by atoms with Crippen LogP contribution in [0.5, 0.6) is 5.75 Å². The lowest BCUT2D eigenvalue weighted by Gasteiger charge is -2.43. The Bertz CT molecular complexity index is 942. The summed E-state index contributed by atoms with van der Waals surface area (Å²) in [6.07, 6.45) is 9.07. The number of nitrogens with one attached hydrogen (secondary N) is 1. The van der Waals surface area contributed by atoms with Crippen molar-refractivity contribution in [1.29, 1.82) is 0 Å². The SMILES string of the molecule is Oc1cc(-c2cn[nH]c2)ccc1-c1cnc(N2CCN3CCCCC3C2)nn1. The first kappa shape index (κ1) is 17.1. The lowest BCUT2D eigenvalue weighted by molar-refractivity contribution is 0.132. The van der Waals surface area contributed by atoms with Crippen molar-refractivity contribution >= 4 is 5.95 Å². The summed E-state index contributed by atoms with van der Waals surface area (Å²) in [6.45, 7) is 4.17. The number of piperidine rings is 1. The first-order chi connectivity index (χ1) is 13.8. The molecule has 2 aliphatic heterocycles. The van der Waals surface area contributed by atoms with Crippen molar-refractivity contribution in [2.75, 3.05) is 31.1 Å².